The maximum absolute atomic E-state index is 15.7. The van der Waals surface area contributed by atoms with Crippen LogP contribution < -0.4 is 19.9 Å². The molecule has 0 saturated carbocycles. The fraction of sp³-hybridized carbons (Fsp3) is 0.381. The van der Waals surface area contributed by atoms with Crippen LogP contribution >= 0.6 is 12.2 Å². The fourth-order valence-corrected chi connectivity index (χ4v) is 8.49. The lowest BCUT2D eigenvalue weighted by atomic mass is 10.0. The molecule has 3 aromatic rings. The average molecular weight is 864 g/mol. The number of amides is 6. The Bertz CT molecular complexity index is 2380. The highest BCUT2D eigenvalue weighted by molar-refractivity contribution is 7.81. The first-order chi connectivity index (χ1) is 28.9. The number of piperidine rings is 1. The van der Waals surface area contributed by atoms with Crippen molar-refractivity contribution in [2.45, 2.75) is 57.3 Å². The van der Waals surface area contributed by atoms with Crippen LogP contribution in [0.4, 0.5) is 28.9 Å². The Balaban J connectivity index is 0.899. The van der Waals surface area contributed by atoms with Gasteiger partial charge in [0.1, 0.15) is 23.1 Å². The van der Waals surface area contributed by atoms with E-state index in [0.717, 1.165) is 34.6 Å². The van der Waals surface area contributed by atoms with Gasteiger partial charge < -0.3 is 14.5 Å². The molecule has 4 aliphatic rings. The number of ether oxygens (including phenoxy) is 1. The molecule has 1 atom stereocenters. The van der Waals surface area contributed by atoms with E-state index in [1.54, 1.807) is 11.0 Å². The molecule has 3 fully saturated rings. The monoisotopic (exact) mass is 863 g/mol. The molecule has 4 aliphatic heterocycles. The molecule has 6 amide bonds. The van der Waals surface area contributed by atoms with Gasteiger partial charge >= 0.3 is 6.18 Å². The minimum Gasteiger partial charge on any atom is -0.494 e. The molecule has 0 radical (unpaired) electrons. The number of hydrogen-bond acceptors (Lipinski definition) is 10. The largest absolute Gasteiger partial charge is 0.494 e. The second-order valence-electron chi connectivity index (χ2n) is 15.5. The molecule has 19 heteroatoms. The van der Waals surface area contributed by atoms with Gasteiger partial charge in [-0.1, -0.05) is 6.07 Å². The van der Waals surface area contributed by atoms with Gasteiger partial charge in [-0.05, 0) is 100 Å². The number of halogens is 4. The Morgan fingerprint density at radius 1 is 0.934 bits per heavy atom. The maximum atomic E-state index is 15.7. The fourth-order valence-electron chi connectivity index (χ4n) is 7.97. The van der Waals surface area contributed by atoms with Crippen LogP contribution in [0.1, 0.15) is 81.7 Å². The van der Waals surface area contributed by atoms with Gasteiger partial charge in [0.05, 0.1) is 34.5 Å². The molecule has 0 spiro atoms. The van der Waals surface area contributed by atoms with Gasteiger partial charge in [-0.2, -0.15) is 13.2 Å². The molecule has 14 nitrogen and oxygen atoms in total. The predicted octanol–water partition coefficient (Wildman–Crippen LogP) is 4.83. The molecule has 7 rings (SSSR count). The summed E-state index contributed by atoms with van der Waals surface area (Å²) in [4.78, 5) is 87.7. The number of anilines is 2. The van der Waals surface area contributed by atoms with Crippen molar-refractivity contribution in [3.63, 3.8) is 0 Å². The molecule has 0 aromatic heterocycles. The highest BCUT2D eigenvalue weighted by Crippen LogP contribution is 2.40. The van der Waals surface area contributed by atoms with Gasteiger partial charge in [-0.25, -0.2) is 4.39 Å². The van der Waals surface area contributed by atoms with Gasteiger partial charge in [0, 0.05) is 57.1 Å². The molecule has 61 heavy (non-hydrogen) atoms. The number of alkyl halides is 3. The summed E-state index contributed by atoms with van der Waals surface area (Å²) in [7, 11) is 1.34. The molecular formula is C42H41F4N7O7S. The van der Waals surface area contributed by atoms with Gasteiger partial charge in [0.15, 0.2) is 5.11 Å². The van der Waals surface area contributed by atoms with Gasteiger partial charge in [0.25, 0.3) is 23.6 Å². The summed E-state index contributed by atoms with van der Waals surface area (Å²) in [5.74, 6) is -3.92. The van der Waals surface area contributed by atoms with Crippen LogP contribution in [0.25, 0.3) is 0 Å². The lowest BCUT2D eigenvalue weighted by Crippen LogP contribution is -2.54. The van der Waals surface area contributed by atoms with E-state index in [1.807, 2.05) is 0 Å². The third-order valence-electron chi connectivity index (χ3n) is 11.2. The topological polar surface area (TPSA) is 152 Å². The molecule has 4 heterocycles. The van der Waals surface area contributed by atoms with E-state index >= 15 is 4.39 Å². The van der Waals surface area contributed by atoms with E-state index < -0.39 is 64.6 Å². The number of nitrogens with one attached hydrogen (secondary N) is 1. The zero-order valence-corrected chi connectivity index (χ0v) is 34.2. The number of hydrogen-bond donors (Lipinski definition) is 1. The van der Waals surface area contributed by atoms with Gasteiger partial charge in [0.2, 0.25) is 11.8 Å². The van der Waals surface area contributed by atoms with Crippen LogP contribution in [0.3, 0.4) is 0 Å². The van der Waals surface area contributed by atoms with Crippen molar-refractivity contribution in [2.24, 2.45) is 4.99 Å². The summed E-state index contributed by atoms with van der Waals surface area (Å²) in [6, 6.07) is 10.7. The summed E-state index contributed by atoms with van der Waals surface area (Å²) >= 11 is 5.61. The highest BCUT2D eigenvalue weighted by Gasteiger charge is 2.51. The Morgan fingerprint density at radius 2 is 1.64 bits per heavy atom. The number of carbonyl (C=O) groups excluding carboxylic acids is 6. The number of carbonyl (C=O) groups is 6. The molecule has 1 unspecified atom stereocenters. The molecule has 320 valence electrons. The van der Waals surface area contributed by atoms with Crippen LogP contribution in [0.2, 0.25) is 0 Å². The standard InChI is InChI=1S/C42H41F4N7O7S/c1-41(2)39(59)51(25-7-6-24(23-47-3)31(20-25)42(44,45)46)40(61)53(41)26-8-10-29(32(43)21-26)36(56)50-17-15-49(16-18-50)14-4-5-19-60-27-9-11-28-30(22-27)38(58)52(37(28)57)33-12-13-34(54)48-35(33)55/h6-11,20-23,33H,4-5,12-19H2,1-3H3,(H,48,54,55). The lowest BCUT2D eigenvalue weighted by Gasteiger charge is -2.35. The van der Waals surface area contributed by atoms with Crippen molar-refractivity contribution in [3.8, 4) is 5.75 Å². The number of imide groups is 2. The summed E-state index contributed by atoms with van der Waals surface area (Å²) in [5, 5.41) is 2.02. The van der Waals surface area contributed by atoms with E-state index in [9.17, 15) is 41.9 Å². The highest BCUT2D eigenvalue weighted by atomic mass is 32.1. The normalized spacial score (nSPS) is 19.7. The lowest BCUT2D eigenvalue weighted by molar-refractivity contribution is -0.138. The number of piperazine rings is 1. The van der Waals surface area contributed by atoms with E-state index in [1.165, 1.54) is 62.2 Å². The van der Waals surface area contributed by atoms with Crippen LogP contribution in [-0.4, -0.2) is 119 Å². The number of benzene rings is 3. The van der Waals surface area contributed by atoms with Crippen LogP contribution in [0.15, 0.2) is 59.6 Å². The van der Waals surface area contributed by atoms with Crippen molar-refractivity contribution in [3.05, 3.63) is 88.2 Å². The number of unbranched alkanes of at least 4 members (excludes halogenated alkanes) is 1. The Kier molecular flexibility index (Phi) is 11.8. The molecule has 0 bridgehead atoms. The van der Waals surface area contributed by atoms with Crippen molar-refractivity contribution in [1.29, 1.82) is 0 Å². The SMILES string of the molecule is CN=Cc1ccc(N2C(=O)C(C)(C)N(c3ccc(C(=O)N4CCN(CCCCOc5ccc6c(c5)C(=O)N(C5CCC(=O)NC5=O)C6=O)CC4)c(F)c3)C2=S)cc1C(F)(F)F. The average Bonchev–Trinajstić information content (AvgIpc) is 3.56. The second kappa shape index (κ2) is 16.8. The first-order valence-corrected chi connectivity index (χ1v) is 19.9. The Labute approximate surface area is 353 Å². The minimum absolute atomic E-state index is 0.0281. The van der Waals surface area contributed by atoms with Crippen molar-refractivity contribution < 1.29 is 51.1 Å². The molecule has 3 saturated heterocycles. The number of rotatable bonds is 11. The van der Waals surface area contributed by atoms with E-state index in [0.29, 0.717) is 51.5 Å². The summed E-state index contributed by atoms with van der Waals surface area (Å²) in [6.07, 6.45) is -2.16. The zero-order chi connectivity index (χ0) is 44.0. The summed E-state index contributed by atoms with van der Waals surface area (Å²) in [6.45, 7) is 5.89. The van der Waals surface area contributed by atoms with Gasteiger partial charge in [-0.15, -0.1) is 0 Å². The van der Waals surface area contributed by atoms with E-state index in [2.05, 4.69) is 15.2 Å². The first kappa shape index (κ1) is 43.0. The predicted molar refractivity (Wildman–Crippen MR) is 218 cm³/mol. The summed E-state index contributed by atoms with van der Waals surface area (Å²) < 4.78 is 63.4. The van der Waals surface area contributed by atoms with Crippen molar-refractivity contribution in [1.82, 2.24) is 20.0 Å². The van der Waals surface area contributed by atoms with Crippen molar-refractivity contribution >= 4 is 70.4 Å². The maximum Gasteiger partial charge on any atom is 0.417 e. The minimum atomic E-state index is -4.74. The third kappa shape index (κ3) is 8.23. The quantitative estimate of drug-likeness (QED) is 0.0934. The number of nitrogens with zero attached hydrogens (tertiary/aromatic N) is 6. The molecule has 3 aromatic carbocycles. The van der Waals surface area contributed by atoms with Crippen LogP contribution in [0.5, 0.6) is 5.75 Å². The van der Waals surface area contributed by atoms with Crippen LogP contribution in [0, 0.1) is 5.82 Å². The zero-order valence-electron chi connectivity index (χ0n) is 33.4. The van der Waals surface area contributed by atoms with Gasteiger partial charge in [-0.3, -0.25) is 53.8 Å². The molecule has 1 N–H and O–H groups in total. The van der Waals surface area contributed by atoms with E-state index in [-0.39, 0.29) is 51.6 Å². The number of thiocarbonyl (C=S) groups is 1. The number of fused-ring (bicyclic) bond motifs is 1. The Hall–Kier alpha value is -6.08. The molecular weight excluding hydrogens is 823 g/mol. The van der Waals surface area contributed by atoms with E-state index in [4.69, 9.17) is 17.0 Å². The van der Waals surface area contributed by atoms with Crippen LogP contribution in [-0.2, 0) is 20.6 Å². The number of aliphatic imine (C=N–C) groups is 1. The van der Waals surface area contributed by atoms with Crippen molar-refractivity contribution in [2.75, 3.05) is 56.2 Å². The molecule has 0 aliphatic carbocycles. The second-order valence-corrected chi connectivity index (χ2v) is 15.8. The summed E-state index contributed by atoms with van der Waals surface area (Å²) in [5.41, 5.74) is -2.43. The first-order valence-electron chi connectivity index (χ1n) is 19.5. The Morgan fingerprint density at radius 3 is 2.31 bits per heavy atom. The smallest absolute Gasteiger partial charge is 0.417 e. The third-order valence-corrected chi connectivity index (χ3v) is 11.6.